The highest BCUT2D eigenvalue weighted by Crippen LogP contribution is 2.46. The Morgan fingerprint density at radius 2 is 0.815 bits per heavy atom. The molecule has 2 nitrogen and oxygen atoms in total. The maximum absolute atomic E-state index is 3.78. The van der Waals surface area contributed by atoms with Gasteiger partial charge >= 0.3 is 0 Å². The molecule has 256 valence electrons. The van der Waals surface area contributed by atoms with Crippen molar-refractivity contribution in [1.82, 2.24) is 0 Å². The van der Waals surface area contributed by atoms with Crippen LogP contribution in [0.5, 0.6) is 0 Å². The Bertz CT molecular complexity index is 2580. The summed E-state index contributed by atoms with van der Waals surface area (Å²) in [7, 11) is -2.87. The Hall–Kier alpha value is -6.68. The van der Waals surface area contributed by atoms with Gasteiger partial charge in [-0.25, -0.2) is 0 Å². The monoisotopic (exact) mass is 706 g/mol. The van der Waals surface area contributed by atoms with Crippen LogP contribution in [-0.2, 0) is 0 Å². The molecule has 3 heteroatoms. The third-order valence-electron chi connectivity index (χ3n) is 11.2. The van der Waals surface area contributed by atoms with Crippen LogP contribution in [0.4, 0.5) is 17.1 Å². The van der Waals surface area contributed by atoms with Crippen molar-refractivity contribution in [3.8, 4) is 11.1 Å². The molecule has 0 aromatic heterocycles. The lowest BCUT2D eigenvalue weighted by molar-refractivity contribution is 0.828. The first kappa shape index (κ1) is 32.0. The van der Waals surface area contributed by atoms with Gasteiger partial charge in [0.1, 0.15) is 6.17 Å². The van der Waals surface area contributed by atoms with Crippen molar-refractivity contribution in [1.29, 1.82) is 0 Å². The Balaban J connectivity index is 1.22. The minimum Gasteiger partial charge on any atom is -0.359 e. The summed E-state index contributed by atoms with van der Waals surface area (Å²) in [5.74, 6) is 0. The van der Waals surface area contributed by atoms with Crippen molar-refractivity contribution in [3.63, 3.8) is 0 Å². The molecule has 0 spiro atoms. The summed E-state index contributed by atoms with van der Waals surface area (Å²) in [6.45, 7) is 0. The Kier molecular flexibility index (Phi) is 7.93. The van der Waals surface area contributed by atoms with E-state index in [1.165, 1.54) is 64.7 Å². The van der Waals surface area contributed by atoms with Gasteiger partial charge in [-0.15, -0.1) is 0 Å². The second-order valence-corrected chi connectivity index (χ2v) is 17.8. The molecule has 1 N–H and O–H groups in total. The first-order valence-electron chi connectivity index (χ1n) is 18.7. The van der Waals surface area contributed by atoms with Gasteiger partial charge in [-0.3, -0.25) is 0 Å². The van der Waals surface area contributed by atoms with Gasteiger partial charge in [0.05, 0.1) is 11.4 Å². The Labute approximate surface area is 317 Å². The molecule has 1 aliphatic heterocycles. The van der Waals surface area contributed by atoms with E-state index in [4.69, 9.17) is 0 Å². The third-order valence-corrected chi connectivity index (χ3v) is 16.1. The van der Waals surface area contributed by atoms with Gasteiger partial charge in [-0.05, 0) is 83.2 Å². The van der Waals surface area contributed by atoms with Gasteiger partial charge in [0.25, 0.3) is 0 Å². The quantitative estimate of drug-likeness (QED) is 0.101. The highest BCUT2D eigenvalue weighted by atomic mass is 28.3. The zero-order chi connectivity index (χ0) is 35.9. The van der Waals surface area contributed by atoms with E-state index in [0.717, 1.165) is 11.4 Å². The van der Waals surface area contributed by atoms with Crippen molar-refractivity contribution < 1.29 is 0 Å². The van der Waals surface area contributed by atoms with Crippen molar-refractivity contribution >= 4 is 67.4 Å². The molecule has 54 heavy (non-hydrogen) atoms. The van der Waals surface area contributed by atoms with Gasteiger partial charge < -0.3 is 10.2 Å². The predicted molar refractivity (Wildman–Crippen MR) is 232 cm³/mol. The van der Waals surface area contributed by atoms with Gasteiger partial charge in [0.2, 0.25) is 0 Å². The lowest BCUT2D eigenvalue weighted by Crippen LogP contribution is -2.75. The zero-order valence-electron chi connectivity index (χ0n) is 29.8. The molecule has 10 rings (SSSR count). The van der Waals surface area contributed by atoms with Crippen LogP contribution in [0.25, 0.3) is 32.7 Å². The number of nitrogens with zero attached hydrogens (tertiary/aromatic N) is 1. The second-order valence-electron chi connectivity index (χ2n) is 14.1. The van der Waals surface area contributed by atoms with E-state index >= 15 is 0 Å². The first-order chi connectivity index (χ1) is 26.8. The molecule has 1 heterocycles. The van der Waals surface area contributed by atoms with E-state index < -0.39 is 8.07 Å². The average molecular weight is 707 g/mol. The SMILES string of the molecule is c1ccc(C2Nc3ccccc3N2c2ccc(-c3c4ccccc4c([Si](c4ccccc4)(c4ccccc4)c4ccccc4)c4ccccc34)cc2)cc1. The van der Waals surface area contributed by atoms with Crippen LogP contribution in [0.2, 0.25) is 0 Å². The predicted octanol–water partition coefficient (Wildman–Crippen LogP) is 10.3. The van der Waals surface area contributed by atoms with Crippen molar-refractivity contribution in [2.75, 3.05) is 10.2 Å². The summed E-state index contributed by atoms with van der Waals surface area (Å²) < 4.78 is 0. The van der Waals surface area contributed by atoms with Gasteiger partial charge in [-0.2, -0.15) is 0 Å². The molecule has 0 amide bonds. The Morgan fingerprint density at radius 3 is 1.33 bits per heavy atom. The summed E-state index contributed by atoms with van der Waals surface area (Å²) in [5.41, 5.74) is 7.19. The van der Waals surface area contributed by atoms with Crippen LogP contribution in [0, 0.1) is 0 Å². The number of hydrogen-bond acceptors (Lipinski definition) is 2. The molecular weight excluding hydrogens is 669 g/mol. The number of benzene rings is 9. The number of fused-ring (bicyclic) bond motifs is 3. The lowest BCUT2D eigenvalue weighted by Gasteiger charge is -2.37. The molecule has 0 aliphatic carbocycles. The maximum atomic E-state index is 3.78. The Morgan fingerprint density at radius 1 is 0.389 bits per heavy atom. The van der Waals surface area contributed by atoms with Crippen LogP contribution in [-0.4, -0.2) is 8.07 Å². The molecule has 1 unspecified atom stereocenters. The first-order valence-corrected chi connectivity index (χ1v) is 20.7. The van der Waals surface area contributed by atoms with E-state index in [0.29, 0.717) is 0 Å². The molecule has 0 radical (unpaired) electrons. The highest BCUT2D eigenvalue weighted by Gasteiger charge is 2.44. The van der Waals surface area contributed by atoms with Gasteiger partial charge in [0.15, 0.2) is 8.07 Å². The number of para-hydroxylation sites is 2. The molecule has 1 aliphatic rings. The van der Waals surface area contributed by atoms with Gasteiger partial charge in [-0.1, -0.05) is 194 Å². The van der Waals surface area contributed by atoms with Crippen LogP contribution in [0.1, 0.15) is 11.7 Å². The molecule has 1 atom stereocenters. The number of rotatable bonds is 7. The average Bonchev–Trinajstić information content (AvgIpc) is 3.65. The van der Waals surface area contributed by atoms with Crippen LogP contribution >= 0.6 is 0 Å². The van der Waals surface area contributed by atoms with Crippen LogP contribution < -0.4 is 31.0 Å². The van der Waals surface area contributed by atoms with E-state index in [2.05, 4.69) is 229 Å². The van der Waals surface area contributed by atoms with Crippen molar-refractivity contribution in [2.45, 2.75) is 6.17 Å². The molecule has 9 aromatic carbocycles. The lowest BCUT2D eigenvalue weighted by atomic mass is 9.91. The highest BCUT2D eigenvalue weighted by molar-refractivity contribution is 7.21. The summed E-state index contributed by atoms with van der Waals surface area (Å²) >= 11 is 0. The third kappa shape index (κ3) is 5.08. The fourth-order valence-electron chi connectivity index (χ4n) is 8.94. The minimum absolute atomic E-state index is 0.00225. The summed E-state index contributed by atoms with van der Waals surface area (Å²) in [6.07, 6.45) is 0.00225. The van der Waals surface area contributed by atoms with E-state index in [1.807, 2.05) is 0 Å². The molecule has 0 saturated heterocycles. The number of anilines is 3. The summed E-state index contributed by atoms with van der Waals surface area (Å²) in [5, 5.41) is 14.5. The van der Waals surface area contributed by atoms with Crippen LogP contribution in [0.15, 0.2) is 218 Å². The van der Waals surface area contributed by atoms with E-state index in [9.17, 15) is 0 Å². The van der Waals surface area contributed by atoms with E-state index in [-0.39, 0.29) is 6.17 Å². The molecule has 0 bridgehead atoms. The molecule has 0 fully saturated rings. The normalized spacial score (nSPS) is 13.9. The van der Waals surface area contributed by atoms with Crippen molar-refractivity contribution in [2.24, 2.45) is 0 Å². The number of hydrogen-bond donors (Lipinski definition) is 1. The van der Waals surface area contributed by atoms with E-state index in [1.54, 1.807) is 0 Å². The molecule has 0 saturated carbocycles. The number of nitrogens with one attached hydrogen (secondary N) is 1. The summed E-state index contributed by atoms with van der Waals surface area (Å²) in [6, 6.07) is 80.6. The second kappa shape index (κ2) is 13.4. The standard InChI is InChI=1S/C51H38N2Si/c1-5-19-38(20-6-1)51-52-47-31-17-18-32-48(47)53(51)39-35-33-37(34-36-39)49-43-27-13-15-29-45(43)50(46-30-16-14-28-44(46)49)54(40-21-7-2-8-22-40,41-23-9-3-10-24-41)42-25-11-4-12-26-42/h1-36,51-52H. The smallest absolute Gasteiger partial charge is 0.180 e. The van der Waals surface area contributed by atoms with Gasteiger partial charge in [0, 0.05) is 5.69 Å². The van der Waals surface area contributed by atoms with Crippen LogP contribution in [0.3, 0.4) is 0 Å². The minimum atomic E-state index is -2.87. The fraction of sp³-hybridized carbons (Fsp3) is 0.0196. The topological polar surface area (TPSA) is 15.3 Å². The molecule has 9 aromatic rings. The zero-order valence-corrected chi connectivity index (χ0v) is 30.8. The van der Waals surface area contributed by atoms with Crippen molar-refractivity contribution in [3.05, 3.63) is 224 Å². The largest absolute Gasteiger partial charge is 0.359 e. The summed E-state index contributed by atoms with van der Waals surface area (Å²) in [4.78, 5) is 2.42. The fourth-order valence-corrected chi connectivity index (χ4v) is 14.1. The molecular formula is C51H38N2Si. The maximum Gasteiger partial charge on any atom is 0.180 e.